The van der Waals surface area contributed by atoms with Crippen LogP contribution in [0.5, 0.6) is 0 Å². The van der Waals surface area contributed by atoms with Crippen LogP contribution in [0.4, 0.5) is 16.2 Å². The van der Waals surface area contributed by atoms with E-state index in [-0.39, 0.29) is 0 Å². The number of urea groups is 1. The van der Waals surface area contributed by atoms with Crippen LogP contribution in [0, 0.1) is 12.8 Å². The molecule has 3 rings (SSSR count). The number of carbonyl (C=O) groups is 3. The Balaban J connectivity index is 1.90. The second-order valence-electron chi connectivity index (χ2n) is 5.69. The number of halogens is 2. The highest BCUT2D eigenvalue weighted by Gasteiger charge is 2.40. The lowest BCUT2D eigenvalue weighted by atomic mass is 10.1. The van der Waals surface area contributed by atoms with Crippen molar-refractivity contribution in [3.8, 4) is 0 Å². The highest BCUT2D eigenvalue weighted by Crippen LogP contribution is 2.25. The molecule has 1 atom stereocenters. The van der Waals surface area contributed by atoms with Gasteiger partial charge in [0.05, 0.1) is 11.4 Å². The molecule has 2 aromatic carbocycles. The Morgan fingerprint density at radius 2 is 1.65 bits per heavy atom. The predicted molar refractivity (Wildman–Crippen MR) is 100 cm³/mol. The van der Waals surface area contributed by atoms with E-state index in [1.54, 1.807) is 30.3 Å². The summed E-state index contributed by atoms with van der Waals surface area (Å²) in [6, 6.07) is 10.6. The lowest BCUT2D eigenvalue weighted by Gasteiger charge is -2.28. The highest BCUT2D eigenvalue weighted by molar-refractivity contribution is 6.35. The van der Waals surface area contributed by atoms with Gasteiger partial charge >= 0.3 is 6.03 Å². The number of aliphatic imine (C=N–C) groups is 1. The number of imide groups is 2. The molecule has 0 unspecified atom stereocenters. The van der Waals surface area contributed by atoms with E-state index in [0.29, 0.717) is 21.4 Å². The maximum atomic E-state index is 12.7. The van der Waals surface area contributed by atoms with Crippen molar-refractivity contribution < 1.29 is 14.4 Å². The van der Waals surface area contributed by atoms with E-state index in [1.807, 2.05) is 6.92 Å². The molecule has 1 N–H and O–H groups in total. The van der Waals surface area contributed by atoms with Gasteiger partial charge in [0, 0.05) is 16.3 Å². The summed E-state index contributed by atoms with van der Waals surface area (Å²) in [5, 5.41) is 2.92. The van der Waals surface area contributed by atoms with Crippen molar-refractivity contribution in [1.29, 1.82) is 0 Å². The molecule has 1 aliphatic heterocycles. The number of carbonyl (C=O) groups excluding carboxylic acids is 3. The van der Waals surface area contributed by atoms with Crippen LogP contribution in [0.1, 0.15) is 5.56 Å². The van der Waals surface area contributed by atoms with Crippen molar-refractivity contribution in [3.05, 3.63) is 58.1 Å². The number of amides is 4. The van der Waals surface area contributed by atoms with Gasteiger partial charge in [-0.15, -0.1) is 0 Å². The van der Waals surface area contributed by atoms with E-state index in [2.05, 4.69) is 10.3 Å². The number of hydrogen-bond donors (Lipinski definition) is 1. The van der Waals surface area contributed by atoms with E-state index in [9.17, 15) is 14.4 Å². The van der Waals surface area contributed by atoms with Crippen molar-refractivity contribution in [2.24, 2.45) is 10.9 Å². The summed E-state index contributed by atoms with van der Waals surface area (Å²) >= 11 is 11.8. The molecule has 0 aromatic heterocycles. The minimum atomic E-state index is -1.24. The third kappa shape index (κ3) is 3.76. The molecule has 1 fully saturated rings. The molecule has 4 amide bonds. The zero-order valence-electron chi connectivity index (χ0n) is 13.6. The average Bonchev–Trinajstić information content (AvgIpc) is 2.55. The number of nitrogens with zero attached hydrogens (tertiary/aromatic N) is 2. The lowest BCUT2D eigenvalue weighted by molar-refractivity contribution is -0.131. The Morgan fingerprint density at radius 3 is 2.27 bits per heavy atom. The average molecular weight is 390 g/mol. The van der Waals surface area contributed by atoms with Crippen LogP contribution in [0.15, 0.2) is 47.5 Å². The van der Waals surface area contributed by atoms with E-state index >= 15 is 0 Å². The quantitative estimate of drug-likeness (QED) is 0.638. The van der Waals surface area contributed by atoms with Gasteiger partial charge in [-0.3, -0.25) is 19.9 Å². The fourth-order valence-electron chi connectivity index (χ4n) is 2.43. The summed E-state index contributed by atoms with van der Waals surface area (Å²) in [5.41, 5.74) is 1.74. The molecule has 26 heavy (non-hydrogen) atoms. The predicted octanol–water partition coefficient (Wildman–Crippen LogP) is 3.90. The zero-order chi connectivity index (χ0) is 18.8. The SMILES string of the molecule is Cc1ccc(N2C(=O)NC(=O)[C@H](C=Nc3cc(Cl)cc(Cl)c3)C2=O)cc1. The second kappa shape index (κ2) is 7.27. The summed E-state index contributed by atoms with van der Waals surface area (Å²) in [7, 11) is 0. The summed E-state index contributed by atoms with van der Waals surface area (Å²) < 4.78 is 0. The van der Waals surface area contributed by atoms with Crippen LogP contribution in [0.25, 0.3) is 0 Å². The Bertz CT molecular complexity index is 906. The van der Waals surface area contributed by atoms with E-state index in [4.69, 9.17) is 23.2 Å². The highest BCUT2D eigenvalue weighted by atomic mass is 35.5. The minimum Gasteiger partial charge on any atom is -0.276 e. The largest absolute Gasteiger partial charge is 0.335 e. The Hall–Kier alpha value is -2.70. The van der Waals surface area contributed by atoms with E-state index in [1.165, 1.54) is 18.3 Å². The molecule has 8 heteroatoms. The van der Waals surface area contributed by atoms with Gasteiger partial charge in [0.25, 0.3) is 5.91 Å². The van der Waals surface area contributed by atoms with Gasteiger partial charge < -0.3 is 0 Å². The molecule has 0 bridgehead atoms. The Kier molecular flexibility index (Phi) is 5.06. The molecule has 0 spiro atoms. The standard InChI is InChI=1S/C18H13Cl2N3O3/c1-10-2-4-14(5-3-10)23-17(25)15(16(24)22-18(23)26)9-21-13-7-11(19)6-12(20)8-13/h2-9,15H,1H3,(H,22,24,26)/t15-/m0/s1. The maximum Gasteiger partial charge on any atom is 0.335 e. The summed E-state index contributed by atoms with van der Waals surface area (Å²) in [5.74, 6) is -2.66. The van der Waals surface area contributed by atoms with Gasteiger partial charge in [-0.25, -0.2) is 9.69 Å². The molecular formula is C18H13Cl2N3O3. The molecule has 0 saturated carbocycles. The number of barbiturate groups is 1. The molecular weight excluding hydrogens is 377 g/mol. The van der Waals surface area contributed by atoms with Crippen LogP contribution in [-0.4, -0.2) is 24.1 Å². The van der Waals surface area contributed by atoms with Crippen LogP contribution in [0.3, 0.4) is 0 Å². The summed E-state index contributed by atoms with van der Waals surface area (Å²) in [6.07, 6.45) is 1.17. The topological polar surface area (TPSA) is 78.8 Å². The number of hydrogen-bond acceptors (Lipinski definition) is 4. The first kappa shape index (κ1) is 18.1. The fourth-order valence-corrected chi connectivity index (χ4v) is 2.95. The molecule has 1 saturated heterocycles. The molecule has 132 valence electrons. The van der Waals surface area contributed by atoms with E-state index < -0.39 is 23.8 Å². The Labute approximate surface area is 159 Å². The van der Waals surface area contributed by atoms with Crippen molar-refractivity contribution in [1.82, 2.24) is 5.32 Å². The van der Waals surface area contributed by atoms with Gasteiger partial charge in [0.15, 0.2) is 5.92 Å². The number of rotatable bonds is 3. The first-order valence-electron chi connectivity index (χ1n) is 7.61. The number of anilines is 1. The summed E-state index contributed by atoms with van der Waals surface area (Å²) in [6.45, 7) is 1.89. The van der Waals surface area contributed by atoms with Crippen molar-refractivity contribution in [2.45, 2.75) is 6.92 Å². The number of aryl methyl sites for hydroxylation is 1. The molecule has 1 aliphatic rings. The maximum absolute atomic E-state index is 12.7. The molecule has 6 nitrogen and oxygen atoms in total. The molecule has 2 aromatic rings. The van der Waals surface area contributed by atoms with E-state index in [0.717, 1.165) is 10.5 Å². The second-order valence-corrected chi connectivity index (χ2v) is 6.56. The first-order chi connectivity index (χ1) is 12.3. The third-order valence-electron chi connectivity index (χ3n) is 3.71. The normalized spacial score (nSPS) is 17.7. The fraction of sp³-hybridized carbons (Fsp3) is 0.111. The minimum absolute atomic E-state index is 0.370. The van der Waals surface area contributed by atoms with Crippen LogP contribution in [-0.2, 0) is 9.59 Å². The smallest absolute Gasteiger partial charge is 0.276 e. The van der Waals surface area contributed by atoms with Crippen molar-refractivity contribution in [3.63, 3.8) is 0 Å². The molecule has 0 radical (unpaired) electrons. The van der Waals surface area contributed by atoms with Gasteiger partial charge in [-0.05, 0) is 37.3 Å². The Morgan fingerprint density at radius 1 is 1.04 bits per heavy atom. The van der Waals surface area contributed by atoms with Crippen molar-refractivity contribution >= 4 is 58.6 Å². The third-order valence-corrected chi connectivity index (χ3v) is 4.15. The monoisotopic (exact) mass is 389 g/mol. The number of nitrogens with one attached hydrogen (secondary N) is 1. The van der Waals surface area contributed by atoms with Gasteiger partial charge in [0.1, 0.15) is 0 Å². The molecule has 0 aliphatic carbocycles. The number of benzene rings is 2. The van der Waals surface area contributed by atoms with Crippen LogP contribution in [0.2, 0.25) is 10.0 Å². The van der Waals surface area contributed by atoms with Gasteiger partial charge in [-0.1, -0.05) is 40.9 Å². The van der Waals surface area contributed by atoms with Crippen molar-refractivity contribution in [2.75, 3.05) is 4.90 Å². The lowest BCUT2D eigenvalue weighted by Crippen LogP contribution is -2.58. The molecule has 1 heterocycles. The zero-order valence-corrected chi connectivity index (χ0v) is 15.1. The van der Waals surface area contributed by atoms with Crippen LogP contribution >= 0.6 is 23.2 Å². The summed E-state index contributed by atoms with van der Waals surface area (Å²) in [4.78, 5) is 41.9. The van der Waals surface area contributed by atoms with Gasteiger partial charge in [-0.2, -0.15) is 0 Å². The van der Waals surface area contributed by atoms with Gasteiger partial charge in [0.2, 0.25) is 5.91 Å². The van der Waals surface area contributed by atoms with Crippen LogP contribution < -0.4 is 10.2 Å². The first-order valence-corrected chi connectivity index (χ1v) is 8.36.